The van der Waals surface area contributed by atoms with Crippen LogP contribution < -0.4 is 19.6 Å². The molecule has 13 aromatic carbocycles. The van der Waals surface area contributed by atoms with E-state index in [1.807, 2.05) is 0 Å². The van der Waals surface area contributed by atoms with Crippen molar-refractivity contribution in [3.63, 3.8) is 0 Å². The zero-order valence-corrected chi connectivity index (χ0v) is 42.3. The number of rotatable bonds is 6. The van der Waals surface area contributed by atoms with E-state index in [1.54, 1.807) is 0 Å². The number of nitrogens with zero attached hydrogens (tertiary/aromatic N) is 4. The fraction of sp³-hybridized carbons (Fsp3) is 0.0278. The molecule has 0 spiro atoms. The molecule has 0 aromatic heterocycles. The normalized spacial score (nSPS) is 12.5. The molecule has 2 aliphatic heterocycles. The molecule has 76 heavy (non-hydrogen) atoms. The van der Waals surface area contributed by atoms with E-state index < -0.39 is 0 Å². The summed E-state index contributed by atoms with van der Waals surface area (Å²) in [4.78, 5) is 9.76. The molecule has 0 amide bonds. The van der Waals surface area contributed by atoms with Crippen LogP contribution in [0.5, 0.6) is 0 Å². The van der Waals surface area contributed by atoms with Gasteiger partial charge in [0.15, 0.2) is 0 Å². The molecule has 0 saturated carbocycles. The molecule has 0 fully saturated rings. The average Bonchev–Trinajstić information content (AvgIpc) is 3.64. The van der Waals surface area contributed by atoms with Crippen molar-refractivity contribution in [2.45, 2.75) is 13.8 Å². The van der Waals surface area contributed by atoms with Crippen LogP contribution in [0.1, 0.15) is 11.1 Å². The molecular weight excluding hydrogens is 921 g/mol. The Hall–Kier alpha value is -9.90. The van der Waals surface area contributed by atoms with E-state index in [2.05, 4.69) is 312 Å². The van der Waals surface area contributed by atoms with Crippen LogP contribution in [0.3, 0.4) is 0 Å². The molecule has 2 heterocycles. The number of anilines is 12. The highest BCUT2D eigenvalue weighted by Crippen LogP contribution is 2.54. The molecule has 0 radical (unpaired) electrons. The van der Waals surface area contributed by atoms with Crippen LogP contribution in [-0.4, -0.2) is 0 Å². The summed E-state index contributed by atoms with van der Waals surface area (Å²) in [6.45, 7) is 4.46. The Kier molecular flexibility index (Phi) is 10.9. The van der Waals surface area contributed by atoms with Gasteiger partial charge in [0.05, 0.1) is 11.4 Å². The number of benzene rings is 13. The third-order valence-electron chi connectivity index (χ3n) is 15.3. The predicted molar refractivity (Wildman–Crippen MR) is 323 cm³/mol. The molecule has 360 valence electrons. The van der Waals surface area contributed by atoms with Gasteiger partial charge in [0, 0.05) is 78.4 Å². The summed E-state index contributed by atoms with van der Waals surface area (Å²) in [5, 5.41) is 7.22. The molecule has 0 aliphatic carbocycles. The van der Waals surface area contributed by atoms with Crippen LogP contribution in [0.15, 0.2) is 279 Å². The van der Waals surface area contributed by atoms with Gasteiger partial charge >= 0.3 is 0 Å². The second-order valence-electron chi connectivity index (χ2n) is 19.8. The van der Waals surface area contributed by atoms with Crippen LogP contribution in [0.2, 0.25) is 0 Å². The Bertz CT molecular complexity index is 3970. The molecule has 15 rings (SSSR count). The standard InChI is InChI=1S/C72H52N4/c1-49-21-15-17-35-67(49)75-59-33-19-31-57(45-59)73(53-27-11-5-12-28-53)55-37-39-56(40-38-55)74(54-29-13-6-14-30-54)58-32-20-34-60(46-58)76(68-36-18-16-22-50(68)2)70-48-66(52-25-9-4-10-26-52)62-41-43-63-69(75)47-65(51-23-7-3-8-24-51)61-42-44-64(70)72(62)71(61)63/h3-48H,1-2H3. The molecular formula is C72H52N4. The molecule has 2 aliphatic rings. The molecule has 0 atom stereocenters. The van der Waals surface area contributed by atoms with Gasteiger partial charge in [-0.15, -0.1) is 0 Å². The van der Waals surface area contributed by atoms with Crippen LogP contribution in [0.25, 0.3) is 54.6 Å². The van der Waals surface area contributed by atoms with Crippen molar-refractivity contribution in [1.82, 2.24) is 0 Å². The maximum absolute atomic E-state index is 2.50. The van der Waals surface area contributed by atoms with Crippen molar-refractivity contribution in [2.75, 3.05) is 19.6 Å². The zero-order valence-electron chi connectivity index (χ0n) is 42.3. The molecule has 4 nitrogen and oxygen atoms in total. The number of aryl methyl sites for hydroxylation is 2. The van der Waals surface area contributed by atoms with Crippen molar-refractivity contribution >= 4 is 101 Å². The van der Waals surface area contributed by atoms with Gasteiger partial charge in [-0.25, -0.2) is 0 Å². The predicted octanol–water partition coefficient (Wildman–Crippen LogP) is 20.7. The Labute approximate surface area is 444 Å². The number of fused-ring (bicyclic) bond motifs is 2. The zero-order chi connectivity index (χ0) is 50.7. The first kappa shape index (κ1) is 44.8. The quantitative estimate of drug-likeness (QED) is 0.154. The van der Waals surface area contributed by atoms with Gasteiger partial charge in [-0.3, -0.25) is 0 Å². The molecule has 0 saturated heterocycles. The second kappa shape index (κ2) is 18.5. The van der Waals surface area contributed by atoms with Crippen molar-refractivity contribution in [3.05, 3.63) is 290 Å². The topological polar surface area (TPSA) is 13.0 Å². The SMILES string of the molecule is Cc1ccccc1N1c2cccc(c2)N(c2ccccc2)c2ccc(cc2)N(c2ccccc2)c2cccc(c2)N(c2ccccc2C)c2cc(-c3ccccc3)c3ccc4c1cc(-c1ccccc1)c1ccc2c3c14. The Morgan fingerprint density at radius 2 is 0.513 bits per heavy atom. The number of hydrogen-bond donors (Lipinski definition) is 0. The van der Waals surface area contributed by atoms with Gasteiger partial charge < -0.3 is 19.6 Å². The molecule has 13 aromatic rings. The highest BCUT2D eigenvalue weighted by Gasteiger charge is 2.28. The lowest BCUT2D eigenvalue weighted by atomic mass is 9.85. The third-order valence-corrected chi connectivity index (χ3v) is 15.3. The van der Waals surface area contributed by atoms with E-state index in [1.165, 1.54) is 54.6 Å². The first-order chi connectivity index (χ1) is 37.6. The fourth-order valence-corrected chi connectivity index (χ4v) is 11.8. The Morgan fingerprint density at radius 3 is 0.895 bits per heavy atom. The summed E-state index contributed by atoms with van der Waals surface area (Å²) < 4.78 is 0. The van der Waals surface area contributed by atoms with Crippen molar-refractivity contribution in [3.8, 4) is 22.3 Å². The Morgan fingerprint density at radius 1 is 0.211 bits per heavy atom. The second-order valence-corrected chi connectivity index (χ2v) is 19.8. The van der Waals surface area contributed by atoms with Crippen LogP contribution in [0, 0.1) is 13.8 Å². The van der Waals surface area contributed by atoms with Gasteiger partial charge in [-0.1, -0.05) is 170 Å². The maximum atomic E-state index is 2.50. The molecule has 4 heteroatoms. The molecule has 0 unspecified atom stereocenters. The minimum absolute atomic E-state index is 1.05. The van der Waals surface area contributed by atoms with E-state index in [0.717, 1.165) is 79.4 Å². The highest BCUT2D eigenvalue weighted by atomic mass is 15.2. The summed E-state index contributed by atoms with van der Waals surface area (Å²) >= 11 is 0. The van der Waals surface area contributed by atoms with E-state index in [-0.39, 0.29) is 0 Å². The monoisotopic (exact) mass is 972 g/mol. The van der Waals surface area contributed by atoms with Crippen molar-refractivity contribution < 1.29 is 0 Å². The first-order valence-corrected chi connectivity index (χ1v) is 26.2. The van der Waals surface area contributed by atoms with Gasteiger partial charge in [-0.2, -0.15) is 0 Å². The lowest BCUT2D eigenvalue weighted by Gasteiger charge is -2.33. The minimum atomic E-state index is 1.05. The fourth-order valence-electron chi connectivity index (χ4n) is 11.8. The van der Waals surface area contributed by atoms with Crippen LogP contribution in [0.4, 0.5) is 68.2 Å². The van der Waals surface area contributed by atoms with Gasteiger partial charge in [0.2, 0.25) is 0 Å². The lowest BCUT2D eigenvalue weighted by Crippen LogP contribution is -2.16. The first-order valence-electron chi connectivity index (χ1n) is 26.2. The summed E-state index contributed by atoms with van der Waals surface area (Å²) in [7, 11) is 0. The average molecular weight is 973 g/mol. The van der Waals surface area contributed by atoms with Gasteiger partial charge in [-0.05, 0) is 167 Å². The van der Waals surface area contributed by atoms with E-state index in [9.17, 15) is 0 Å². The largest absolute Gasteiger partial charge is 0.310 e. The highest BCUT2D eigenvalue weighted by molar-refractivity contribution is 6.32. The summed E-state index contributed by atoms with van der Waals surface area (Å²) in [6, 6.07) is 103. The summed E-state index contributed by atoms with van der Waals surface area (Å²) in [5.74, 6) is 0. The number of hydrogen-bond acceptors (Lipinski definition) is 4. The third kappa shape index (κ3) is 7.53. The van der Waals surface area contributed by atoms with Crippen LogP contribution >= 0.6 is 0 Å². The summed E-state index contributed by atoms with van der Waals surface area (Å²) in [6.07, 6.45) is 0. The minimum Gasteiger partial charge on any atom is -0.310 e. The molecule has 12 bridgehead atoms. The van der Waals surface area contributed by atoms with Gasteiger partial charge in [0.25, 0.3) is 0 Å². The maximum Gasteiger partial charge on any atom is 0.0547 e. The summed E-state index contributed by atoms with van der Waals surface area (Å²) in [5.41, 5.74) is 19.9. The van der Waals surface area contributed by atoms with E-state index in [4.69, 9.17) is 0 Å². The molecule has 0 N–H and O–H groups in total. The lowest BCUT2D eigenvalue weighted by molar-refractivity contribution is 1.23. The van der Waals surface area contributed by atoms with E-state index in [0.29, 0.717) is 0 Å². The smallest absolute Gasteiger partial charge is 0.0547 e. The number of para-hydroxylation sites is 4. The van der Waals surface area contributed by atoms with Crippen LogP contribution in [-0.2, 0) is 0 Å². The Balaban J connectivity index is 1.18. The van der Waals surface area contributed by atoms with Crippen molar-refractivity contribution in [2.24, 2.45) is 0 Å². The van der Waals surface area contributed by atoms with E-state index >= 15 is 0 Å². The van der Waals surface area contributed by atoms with Crippen molar-refractivity contribution in [1.29, 1.82) is 0 Å². The van der Waals surface area contributed by atoms with Gasteiger partial charge in [0.1, 0.15) is 0 Å².